The van der Waals surface area contributed by atoms with E-state index >= 15 is 0 Å². The van der Waals surface area contributed by atoms with Crippen LogP contribution in [0.5, 0.6) is 5.75 Å². The van der Waals surface area contributed by atoms with E-state index in [0.29, 0.717) is 0 Å². The van der Waals surface area contributed by atoms with E-state index in [9.17, 15) is 0 Å². The van der Waals surface area contributed by atoms with Gasteiger partial charge in [-0.05, 0) is 31.5 Å². The molecule has 0 saturated heterocycles. The number of ether oxygens (including phenoxy) is 1. The molecule has 16 heavy (non-hydrogen) atoms. The van der Waals surface area contributed by atoms with E-state index in [4.69, 9.17) is 10.5 Å². The van der Waals surface area contributed by atoms with Crippen molar-refractivity contribution >= 4 is 10.9 Å². The second-order valence-electron chi connectivity index (χ2n) is 4.03. The van der Waals surface area contributed by atoms with Crippen LogP contribution in [-0.4, -0.2) is 12.1 Å². The van der Waals surface area contributed by atoms with Crippen LogP contribution in [0.1, 0.15) is 24.2 Å². The average Bonchev–Trinajstić information content (AvgIpc) is 2.27. The maximum atomic E-state index is 5.86. The zero-order valence-corrected chi connectivity index (χ0v) is 9.82. The quantitative estimate of drug-likeness (QED) is 0.839. The average molecular weight is 216 g/mol. The van der Waals surface area contributed by atoms with Crippen LogP contribution in [0.3, 0.4) is 0 Å². The van der Waals surface area contributed by atoms with Crippen molar-refractivity contribution in [2.24, 2.45) is 5.73 Å². The highest BCUT2D eigenvalue weighted by molar-refractivity contribution is 5.86. The normalized spacial score (nSPS) is 12.8. The second-order valence-corrected chi connectivity index (χ2v) is 4.03. The molecule has 2 N–H and O–H groups in total. The number of aromatic nitrogens is 1. The van der Waals surface area contributed by atoms with Gasteiger partial charge in [0.25, 0.3) is 0 Å². The Morgan fingerprint density at radius 2 is 2.06 bits per heavy atom. The molecule has 1 heterocycles. The highest BCUT2D eigenvalue weighted by Gasteiger charge is 2.07. The lowest BCUT2D eigenvalue weighted by Crippen LogP contribution is -2.04. The Morgan fingerprint density at radius 3 is 2.69 bits per heavy atom. The summed E-state index contributed by atoms with van der Waals surface area (Å²) in [5.41, 5.74) is 8.86. The SMILES string of the molecule is COc1cc(C)nc2ccc(C(C)N)cc12. The molecule has 1 atom stereocenters. The number of rotatable bonds is 2. The third-order valence-electron chi connectivity index (χ3n) is 2.67. The number of nitrogens with zero attached hydrogens (tertiary/aromatic N) is 1. The molecule has 0 radical (unpaired) electrons. The fourth-order valence-corrected chi connectivity index (χ4v) is 1.79. The minimum Gasteiger partial charge on any atom is -0.496 e. The summed E-state index contributed by atoms with van der Waals surface area (Å²) in [7, 11) is 1.67. The van der Waals surface area contributed by atoms with Crippen LogP contribution in [0.4, 0.5) is 0 Å². The monoisotopic (exact) mass is 216 g/mol. The summed E-state index contributed by atoms with van der Waals surface area (Å²) in [4.78, 5) is 4.46. The zero-order valence-electron chi connectivity index (χ0n) is 9.82. The van der Waals surface area contributed by atoms with Crippen molar-refractivity contribution in [1.29, 1.82) is 0 Å². The van der Waals surface area contributed by atoms with Crippen molar-refractivity contribution in [2.75, 3.05) is 7.11 Å². The molecule has 0 aliphatic carbocycles. The predicted octanol–water partition coefficient (Wildman–Crippen LogP) is 2.57. The Hall–Kier alpha value is -1.61. The van der Waals surface area contributed by atoms with Crippen molar-refractivity contribution in [3.63, 3.8) is 0 Å². The topological polar surface area (TPSA) is 48.1 Å². The van der Waals surface area contributed by atoms with Crippen LogP contribution in [0.15, 0.2) is 24.3 Å². The van der Waals surface area contributed by atoms with E-state index < -0.39 is 0 Å². The van der Waals surface area contributed by atoms with E-state index in [1.54, 1.807) is 7.11 Å². The molecule has 0 fully saturated rings. The van der Waals surface area contributed by atoms with Gasteiger partial charge >= 0.3 is 0 Å². The third-order valence-corrected chi connectivity index (χ3v) is 2.67. The third kappa shape index (κ3) is 1.86. The van der Waals surface area contributed by atoms with E-state index in [1.165, 1.54) is 0 Å². The second kappa shape index (κ2) is 4.10. The number of methoxy groups -OCH3 is 1. The highest BCUT2D eigenvalue weighted by Crippen LogP contribution is 2.27. The first-order valence-corrected chi connectivity index (χ1v) is 5.32. The van der Waals surface area contributed by atoms with Crippen LogP contribution in [0.25, 0.3) is 10.9 Å². The number of fused-ring (bicyclic) bond motifs is 1. The lowest BCUT2D eigenvalue weighted by molar-refractivity contribution is 0.419. The number of nitrogens with two attached hydrogens (primary N) is 1. The maximum absolute atomic E-state index is 5.86. The first-order chi connectivity index (χ1) is 7.61. The smallest absolute Gasteiger partial charge is 0.130 e. The highest BCUT2D eigenvalue weighted by atomic mass is 16.5. The Kier molecular flexibility index (Phi) is 2.79. The molecule has 0 saturated carbocycles. The Balaban J connectivity index is 2.71. The molecule has 1 unspecified atom stereocenters. The summed E-state index contributed by atoms with van der Waals surface area (Å²) >= 11 is 0. The largest absolute Gasteiger partial charge is 0.496 e. The molecule has 2 aromatic rings. The summed E-state index contributed by atoms with van der Waals surface area (Å²) in [5.74, 6) is 0.852. The molecule has 0 amide bonds. The van der Waals surface area contributed by atoms with Gasteiger partial charge in [-0.3, -0.25) is 4.98 Å². The lowest BCUT2D eigenvalue weighted by Gasteiger charge is -2.10. The van der Waals surface area contributed by atoms with Gasteiger partial charge in [0.1, 0.15) is 5.75 Å². The van der Waals surface area contributed by atoms with Gasteiger partial charge in [-0.1, -0.05) is 6.07 Å². The van der Waals surface area contributed by atoms with Gasteiger partial charge in [-0.25, -0.2) is 0 Å². The molecule has 3 heteroatoms. The standard InChI is InChI=1S/C13H16N2O/c1-8-6-13(16-3)11-7-10(9(2)14)4-5-12(11)15-8/h4-7,9H,14H2,1-3H3. The molecule has 2 rings (SSSR count). The van der Waals surface area contributed by atoms with Gasteiger partial charge in [0.05, 0.1) is 12.6 Å². The molecule has 0 spiro atoms. The molecular formula is C13H16N2O. The lowest BCUT2D eigenvalue weighted by atomic mass is 10.1. The van der Waals surface area contributed by atoms with Crippen LogP contribution in [0, 0.1) is 6.92 Å². The Bertz CT molecular complexity index is 521. The number of hydrogen-bond donors (Lipinski definition) is 1. The number of hydrogen-bond acceptors (Lipinski definition) is 3. The van der Waals surface area contributed by atoms with Gasteiger partial charge in [0, 0.05) is 23.2 Å². The van der Waals surface area contributed by atoms with Crippen LogP contribution in [-0.2, 0) is 0 Å². The molecular weight excluding hydrogens is 200 g/mol. The van der Waals surface area contributed by atoms with Crippen LogP contribution >= 0.6 is 0 Å². The van der Waals surface area contributed by atoms with Crippen LogP contribution < -0.4 is 10.5 Å². The fraction of sp³-hybridized carbons (Fsp3) is 0.308. The van der Waals surface area contributed by atoms with Gasteiger partial charge in [0.2, 0.25) is 0 Å². The zero-order chi connectivity index (χ0) is 11.7. The Labute approximate surface area is 95.2 Å². The number of benzene rings is 1. The molecule has 0 aliphatic rings. The van der Waals surface area contributed by atoms with E-state index in [2.05, 4.69) is 4.98 Å². The maximum Gasteiger partial charge on any atom is 0.130 e. The number of aryl methyl sites for hydroxylation is 1. The summed E-state index contributed by atoms with van der Waals surface area (Å²) in [6, 6.07) is 8.01. The molecule has 1 aromatic heterocycles. The summed E-state index contributed by atoms with van der Waals surface area (Å²) in [6.07, 6.45) is 0. The molecule has 1 aromatic carbocycles. The summed E-state index contributed by atoms with van der Waals surface area (Å²) < 4.78 is 5.36. The molecule has 84 valence electrons. The minimum absolute atomic E-state index is 0.0235. The number of pyridine rings is 1. The van der Waals surface area contributed by atoms with Gasteiger partial charge in [0.15, 0.2) is 0 Å². The van der Waals surface area contributed by atoms with E-state index in [-0.39, 0.29) is 6.04 Å². The van der Waals surface area contributed by atoms with Gasteiger partial charge in [-0.15, -0.1) is 0 Å². The molecule has 0 aliphatic heterocycles. The van der Waals surface area contributed by atoms with Crippen molar-refractivity contribution in [3.8, 4) is 5.75 Å². The van der Waals surface area contributed by atoms with Crippen molar-refractivity contribution < 1.29 is 4.74 Å². The fourth-order valence-electron chi connectivity index (χ4n) is 1.79. The first-order valence-electron chi connectivity index (χ1n) is 5.32. The molecule has 3 nitrogen and oxygen atoms in total. The van der Waals surface area contributed by atoms with Crippen molar-refractivity contribution in [2.45, 2.75) is 19.9 Å². The summed E-state index contributed by atoms with van der Waals surface area (Å²) in [5, 5.41) is 1.02. The summed E-state index contributed by atoms with van der Waals surface area (Å²) in [6.45, 7) is 3.93. The minimum atomic E-state index is 0.0235. The van der Waals surface area contributed by atoms with E-state index in [0.717, 1.165) is 27.9 Å². The predicted molar refractivity (Wildman–Crippen MR) is 65.6 cm³/mol. The Morgan fingerprint density at radius 1 is 1.31 bits per heavy atom. The van der Waals surface area contributed by atoms with Gasteiger partial charge in [-0.2, -0.15) is 0 Å². The van der Waals surface area contributed by atoms with E-state index in [1.807, 2.05) is 38.1 Å². The van der Waals surface area contributed by atoms with Crippen LogP contribution in [0.2, 0.25) is 0 Å². The first kappa shape index (κ1) is 10.9. The molecule has 0 bridgehead atoms. The van der Waals surface area contributed by atoms with Crippen molar-refractivity contribution in [1.82, 2.24) is 4.98 Å². The van der Waals surface area contributed by atoms with Crippen molar-refractivity contribution in [3.05, 3.63) is 35.5 Å². The van der Waals surface area contributed by atoms with Gasteiger partial charge < -0.3 is 10.5 Å².